The first kappa shape index (κ1) is 18.6. The summed E-state index contributed by atoms with van der Waals surface area (Å²) in [5, 5.41) is 2.96. The fraction of sp³-hybridized carbons (Fsp3) is 0.130. The first-order valence-electron chi connectivity index (χ1n) is 9.32. The highest BCUT2D eigenvalue weighted by molar-refractivity contribution is 5.94. The molecule has 1 amide bonds. The van der Waals surface area contributed by atoms with Gasteiger partial charge < -0.3 is 19.4 Å². The second-order valence-electron chi connectivity index (χ2n) is 6.70. The molecular formula is C23H22N4O2. The number of ether oxygens (including phenoxy) is 1. The molecular weight excluding hydrogens is 364 g/mol. The van der Waals surface area contributed by atoms with Gasteiger partial charge in [-0.15, -0.1) is 0 Å². The summed E-state index contributed by atoms with van der Waals surface area (Å²) in [7, 11) is 3.65. The van der Waals surface area contributed by atoms with E-state index in [-0.39, 0.29) is 5.91 Å². The Hall–Kier alpha value is -3.80. The van der Waals surface area contributed by atoms with E-state index in [1.54, 1.807) is 19.5 Å². The van der Waals surface area contributed by atoms with Gasteiger partial charge in [-0.3, -0.25) is 9.78 Å². The van der Waals surface area contributed by atoms with Crippen LogP contribution in [0.4, 0.5) is 11.5 Å². The molecule has 0 bridgehead atoms. The molecule has 0 aliphatic carbocycles. The zero-order valence-electron chi connectivity index (χ0n) is 16.4. The third kappa shape index (κ3) is 3.91. The number of rotatable bonds is 6. The lowest BCUT2D eigenvalue weighted by atomic mass is 10.2. The van der Waals surface area contributed by atoms with E-state index in [0.717, 1.165) is 28.3 Å². The van der Waals surface area contributed by atoms with Crippen LogP contribution in [0.1, 0.15) is 15.9 Å². The Kier molecular flexibility index (Phi) is 5.16. The number of anilines is 2. The van der Waals surface area contributed by atoms with Gasteiger partial charge in [-0.2, -0.15) is 0 Å². The number of nitrogens with one attached hydrogen (secondary N) is 1. The molecule has 0 unspecified atom stereocenters. The fourth-order valence-electron chi connectivity index (χ4n) is 3.22. The average Bonchev–Trinajstić information content (AvgIpc) is 3.21. The monoisotopic (exact) mass is 386 g/mol. The van der Waals surface area contributed by atoms with Crippen LogP contribution in [0.3, 0.4) is 0 Å². The molecule has 0 atom stereocenters. The molecule has 0 aliphatic heterocycles. The number of hydrogen-bond donors (Lipinski definition) is 1. The highest BCUT2D eigenvalue weighted by Gasteiger charge is 2.12. The molecule has 0 saturated heterocycles. The lowest BCUT2D eigenvalue weighted by Crippen LogP contribution is -2.23. The number of nitrogens with zero attached hydrogens (tertiary/aromatic N) is 3. The molecule has 6 heteroatoms. The van der Waals surface area contributed by atoms with E-state index in [1.165, 1.54) is 0 Å². The number of methoxy groups -OCH3 is 1. The van der Waals surface area contributed by atoms with Crippen molar-refractivity contribution in [3.05, 3.63) is 90.4 Å². The number of pyridine rings is 2. The summed E-state index contributed by atoms with van der Waals surface area (Å²) in [5.74, 6) is 1.67. The molecule has 0 saturated carbocycles. The highest BCUT2D eigenvalue weighted by Crippen LogP contribution is 2.27. The number of amides is 1. The first-order valence-corrected chi connectivity index (χ1v) is 9.32. The minimum Gasteiger partial charge on any atom is -0.497 e. The zero-order chi connectivity index (χ0) is 20.2. The summed E-state index contributed by atoms with van der Waals surface area (Å²) in [6.45, 7) is 0.462. The standard InChI is InChI=1S/C23H22N4O2/c1-26(19-5-8-21(29-2)9-6-19)22-10-7-20-4-3-18(16-27(20)22)23(28)25-15-17-11-13-24-14-12-17/h3-14,16H,15H2,1-2H3,(H,25,28). The third-order valence-corrected chi connectivity index (χ3v) is 4.90. The van der Waals surface area contributed by atoms with Gasteiger partial charge in [-0.25, -0.2) is 0 Å². The summed E-state index contributed by atoms with van der Waals surface area (Å²) in [4.78, 5) is 18.7. The predicted octanol–water partition coefficient (Wildman–Crippen LogP) is 4.04. The van der Waals surface area contributed by atoms with Crippen molar-refractivity contribution in [1.29, 1.82) is 0 Å². The van der Waals surface area contributed by atoms with E-state index in [1.807, 2.05) is 78.3 Å². The Balaban J connectivity index is 1.57. The quantitative estimate of drug-likeness (QED) is 0.543. The third-order valence-electron chi connectivity index (χ3n) is 4.90. The second kappa shape index (κ2) is 8.06. The Morgan fingerprint density at radius 1 is 1.03 bits per heavy atom. The van der Waals surface area contributed by atoms with Gasteiger partial charge in [0.15, 0.2) is 0 Å². The summed E-state index contributed by atoms with van der Waals surface area (Å²) in [5.41, 5.74) is 3.66. The Labute approximate surface area is 169 Å². The Morgan fingerprint density at radius 2 is 1.76 bits per heavy atom. The van der Waals surface area contributed by atoms with Crippen LogP contribution in [-0.4, -0.2) is 29.4 Å². The van der Waals surface area contributed by atoms with Gasteiger partial charge in [0.05, 0.1) is 12.7 Å². The van der Waals surface area contributed by atoms with E-state index in [2.05, 4.69) is 15.2 Å². The van der Waals surface area contributed by atoms with E-state index < -0.39 is 0 Å². The molecule has 1 aromatic carbocycles. The number of hydrogen-bond acceptors (Lipinski definition) is 4. The van der Waals surface area contributed by atoms with Gasteiger partial charge in [0.1, 0.15) is 11.6 Å². The number of fused-ring (bicyclic) bond motifs is 1. The molecule has 1 N–H and O–H groups in total. The molecule has 0 aliphatic rings. The maximum absolute atomic E-state index is 12.6. The second-order valence-corrected chi connectivity index (χ2v) is 6.70. The molecule has 29 heavy (non-hydrogen) atoms. The zero-order valence-corrected chi connectivity index (χ0v) is 16.4. The highest BCUT2D eigenvalue weighted by atomic mass is 16.5. The topological polar surface area (TPSA) is 58.9 Å². The molecule has 4 rings (SSSR count). The lowest BCUT2D eigenvalue weighted by molar-refractivity contribution is 0.0950. The molecule has 3 aromatic heterocycles. The van der Waals surface area contributed by atoms with E-state index in [0.29, 0.717) is 12.1 Å². The molecule has 4 aromatic rings. The maximum atomic E-state index is 12.6. The minimum atomic E-state index is -0.115. The lowest BCUT2D eigenvalue weighted by Gasteiger charge is -2.20. The van der Waals surface area contributed by atoms with Crippen LogP contribution >= 0.6 is 0 Å². The van der Waals surface area contributed by atoms with Crippen molar-refractivity contribution >= 4 is 22.9 Å². The summed E-state index contributed by atoms with van der Waals surface area (Å²) in [6, 6.07) is 19.5. The normalized spacial score (nSPS) is 10.7. The van der Waals surface area contributed by atoms with Crippen LogP contribution in [0.2, 0.25) is 0 Å². The smallest absolute Gasteiger partial charge is 0.253 e. The maximum Gasteiger partial charge on any atom is 0.253 e. The van der Waals surface area contributed by atoms with Gasteiger partial charge in [0, 0.05) is 43.4 Å². The molecule has 146 valence electrons. The Bertz CT molecular complexity index is 1120. The molecule has 0 fully saturated rings. The molecule has 0 spiro atoms. The number of carbonyl (C=O) groups excluding carboxylic acids is 1. The van der Waals surface area contributed by atoms with Crippen LogP contribution in [0.15, 0.2) is 79.3 Å². The van der Waals surface area contributed by atoms with Crippen LogP contribution in [0, 0.1) is 0 Å². The fourth-order valence-corrected chi connectivity index (χ4v) is 3.22. The van der Waals surface area contributed by atoms with Gasteiger partial charge in [-0.05, 0) is 66.2 Å². The SMILES string of the molecule is COc1ccc(N(C)c2ccc3ccc(C(=O)NCc4ccncc4)cn23)cc1. The largest absolute Gasteiger partial charge is 0.497 e. The van der Waals surface area contributed by atoms with Gasteiger partial charge in [-0.1, -0.05) is 0 Å². The molecule has 3 heterocycles. The van der Waals surface area contributed by atoms with E-state index in [9.17, 15) is 4.79 Å². The van der Waals surface area contributed by atoms with Crippen molar-refractivity contribution in [3.8, 4) is 5.75 Å². The molecule has 6 nitrogen and oxygen atoms in total. The van der Waals surface area contributed by atoms with Crippen molar-refractivity contribution < 1.29 is 9.53 Å². The van der Waals surface area contributed by atoms with Gasteiger partial charge >= 0.3 is 0 Å². The Morgan fingerprint density at radius 3 is 2.48 bits per heavy atom. The van der Waals surface area contributed by atoms with Crippen LogP contribution in [-0.2, 0) is 6.54 Å². The molecule has 0 radical (unpaired) electrons. The number of benzene rings is 1. The van der Waals surface area contributed by atoms with Crippen LogP contribution in [0.5, 0.6) is 5.75 Å². The van der Waals surface area contributed by atoms with E-state index in [4.69, 9.17) is 4.74 Å². The summed E-state index contributed by atoms with van der Waals surface area (Å²) in [6.07, 6.45) is 5.30. The van der Waals surface area contributed by atoms with Gasteiger partial charge in [0.25, 0.3) is 5.91 Å². The van der Waals surface area contributed by atoms with Crippen molar-refractivity contribution in [1.82, 2.24) is 14.7 Å². The summed E-state index contributed by atoms with van der Waals surface area (Å²) >= 11 is 0. The summed E-state index contributed by atoms with van der Waals surface area (Å²) < 4.78 is 7.25. The first-order chi connectivity index (χ1) is 14.2. The van der Waals surface area contributed by atoms with Crippen LogP contribution in [0.25, 0.3) is 5.52 Å². The minimum absolute atomic E-state index is 0.115. The predicted molar refractivity (Wildman–Crippen MR) is 114 cm³/mol. The number of carbonyl (C=O) groups is 1. The van der Waals surface area contributed by atoms with Crippen molar-refractivity contribution in [3.63, 3.8) is 0 Å². The van der Waals surface area contributed by atoms with E-state index >= 15 is 0 Å². The average molecular weight is 386 g/mol. The van der Waals surface area contributed by atoms with Gasteiger partial charge in [0.2, 0.25) is 0 Å². The van der Waals surface area contributed by atoms with Crippen LogP contribution < -0.4 is 15.0 Å². The van der Waals surface area contributed by atoms with Crippen molar-refractivity contribution in [2.24, 2.45) is 0 Å². The number of aromatic nitrogens is 2. The van der Waals surface area contributed by atoms with Crippen molar-refractivity contribution in [2.75, 3.05) is 19.1 Å². The van der Waals surface area contributed by atoms with Crippen molar-refractivity contribution in [2.45, 2.75) is 6.54 Å².